The minimum atomic E-state index is -0.780. The second kappa shape index (κ2) is 8.13. The Balaban J connectivity index is 1.45. The maximum Gasteiger partial charge on any atom is 0.263 e. The predicted octanol–water partition coefficient (Wildman–Crippen LogP) is 1.78. The van der Waals surface area contributed by atoms with Crippen LogP contribution in [0.3, 0.4) is 0 Å². The van der Waals surface area contributed by atoms with Crippen LogP contribution in [0.15, 0.2) is 47.2 Å². The number of nitrogens with one attached hydrogen (secondary N) is 2. The molecule has 1 fully saturated rings. The van der Waals surface area contributed by atoms with Gasteiger partial charge in [-0.05, 0) is 48.6 Å². The molecule has 3 heterocycles. The highest BCUT2D eigenvalue weighted by atomic mass is 32.2. The van der Waals surface area contributed by atoms with Crippen LogP contribution in [-0.4, -0.2) is 48.3 Å². The van der Waals surface area contributed by atoms with Crippen molar-refractivity contribution in [1.82, 2.24) is 30.9 Å². The van der Waals surface area contributed by atoms with Crippen LogP contribution in [-0.2, 0) is 11.3 Å². The van der Waals surface area contributed by atoms with Crippen molar-refractivity contribution in [2.45, 2.75) is 24.9 Å². The first kappa shape index (κ1) is 18.7. The fourth-order valence-electron chi connectivity index (χ4n) is 3.21. The Morgan fingerprint density at radius 2 is 1.93 bits per heavy atom. The third-order valence-electron chi connectivity index (χ3n) is 4.85. The van der Waals surface area contributed by atoms with E-state index in [9.17, 15) is 4.79 Å². The van der Waals surface area contributed by atoms with E-state index in [4.69, 9.17) is 9.73 Å². The molecule has 4 rings (SSSR count). The SMILES string of the molecule is O=C(NO)C1(NCc2cc(-c3ccc(-n4nccn4)cc3)on2)CCSCC1. The molecule has 1 aliphatic rings. The van der Waals surface area contributed by atoms with Gasteiger partial charge in [-0.3, -0.25) is 15.3 Å². The smallest absolute Gasteiger partial charge is 0.263 e. The van der Waals surface area contributed by atoms with Gasteiger partial charge < -0.3 is 4.52 Å². The molecule has 0 atom stereocenters. The van der Waals surface area contributed by atoms with Gasteiger partial charge in [-0.15, -0.1) is 0 Å². The second-order valence-corrected chi connectivity index (χ2v) is 7.76. The van der Waals surface area contributed by atoms with Crippen LogP contribution in [0.1, 0.15) is 18.5 Å². The lowest BCUT2D eigenvalue weighted by Gasteiger charge is -2.35. The number of carbonyl (C=O) groups excluding carboxylic acids is 1. The quantitative estimate of drug-likeness (QED) is 0.423. The van der Waals surface area contributed by atoms with Crippen LogP contribution in [0.25, 0.3) is 17.0 Å². The first-order valence-electron chi connectivity index (χ1n) is 8.90. The number of hydrogen-bond donors (Lipinski definition) is 3. The summed E-state index contributed by atoms with van der Waals surface area (Å²) in [7, 11) is 0. The van der Waals surface area contributed by atoms with Crippen LogP contribution >= 0.6 is 11.8 Å². The number of amides is 1. The van der Waals surface area contributed by atoms with Crippen molar-refractivity contribution in [3.8, 4) is 17.0 Å². The Morgan fingerprint density at radius 3 is 2.61 bits per heavy atom. The van der Waals surface area contributed by atoms with Crippen LogP contribution in [0.2, 0.25) is 0 Å². The van der Waals surface area contributed by atoms with E-state index < -0.39 is 11.4 Å². The molecular formula is C18H20N6O3S. The number of rotatable bonds is 6. The third kappa shape index (κ3) is 3.79. The van der Waals surface area contributed by atoms with Gasteiger partial charge in [0, 0.05) is 18.2 Å². The van der Waals surface area contributed by atoms with Crippen molar-refractivity contribution in [3.63, 3.8) is 0 Å². The van der Waals surface area contributed by atoms with Crippen molar-refractivity contribution in [2.24, 2.45) is 0 Å². The molecule has 3 N–H and O–H groups in total. The number of hydroxylamine groups is 1. The van der Waals surface area contributed by atoms with Crippen LogP contribution in [0, 0.1) is 0 Å². The van der Waals surface area contributed by atoms with Gasteiger partial charge in [0.25, 0.3) is 5.91 Å². The zero-order valence-electron chi connectivity index (χ0n) is 15.0. The van der Waals surface area contributed by atoms with E-state index >= 15 is 0 Å². The predicted molar refractivity (Wildman–Crippen MR) is 103 cm³/mol. The van der Waals surface area contributed by atoms with Gasteiger partial charge >= 0.3 is 0 Å². The number of nitrogens with zero attached hydrogens (tertiary/aromatic N) is 4. The monoisotopic (exact) mass is 400 g/mol. The summed E-state index contributed by atoms with van der Waals surface area (Å²) < 4.78 is 5.46. The van der Waals surface area contributed by atoms with E-state index in [1.807, 2.05) is 30.3 Å². The van der Waals surface area contributed by atoms with E-state index in [2.05, 4.69) is 20.7 Å². The molecule has 2 aromatic heterocycles. The average Bonchev–Trinajstić information content (AvgIpc) is 3.45. The van der Waals surface area contributed by atoms with Crippen LogP contribution in [0.4, 0.5) is 0 Å². The van der Waals surface area contributed by atoms with Crippen LogP contribution in [0.5, 0.6) is 0 Å². The zero-order valence-corrected chi connectivity index (χ0v) is 15.9. The highest BCUT2D eigenvalue weighted by molar-refractivity contribution is 7.99. The Kier molecular flexibility index (Phi) is 5.42. The molecule has 0 bridgehead atoms. The highest BCUT2D eigenvalue weighted by Gasteiger charge is 2.39. The molecule has 0 aliphatic carbocycles. The number of carbonyl (C=O) groups is 1. The molecule has 1 amide bonds. The van der Waals surface area contributed by atoms with Crippen molar-refractivity contribution in [3.05, 3.63) is 48.4 Å². The summed E-state index contributed by atoms with van der Waals surface area (Å²) in [5, 5.41) is 24.7. The molecule has 0 unspecified atom stereocenters. The molecule has 9 nitrogen and oxygen atoms in total. The van der Waals surface area contributed by atoms with Gasteiger partial charge in [0.15, 0.2) is 5.76 Å². The Labute approximate surface area is 165 Å². The summed E-state index contributed by atoms with van der Waals surface area (Å²) in [4.78, 5) is 13.7. The topological polar surface area (TPSA) is 118 Å². The van der Waals surface area contributed by atoms with Crippen molar-refractivity contribution < 1.29 is 14.5 Å². The molecule has 0 spiro atoms. The minimum absolute atomic E-state index is 0.372. The van der Waals surface area contributed by atoms with Gasteiger partial charge in [0.1, 0.15) is 5.54 Å². The molecule has 1 saturated heterocycles. The first-order valence-corrected chi connectivity index (χ1v) is 10.1. The number of benzene rings is 1. The fraction of sp³-hybridized carbons (Fsp3) is 0.333. The zero-order chi connectivity index (χ0) is 19.4. The molecule has 3 aromatic rings. The maximum atomic E-state index is 12.2. The molecular weight excluding hydrogens is 380 g/mol. The lowest BCUT2D eigenvalue weighted by molar-refractivity contribution is -0.136. The highest BCUT2D eigenvalue weighted by Crippen LogP contribution is 2.28. The summed E-state index contributed by atoms with van der Waals surface area (Å²) in [6.07, 6.45) is 4.55. The largest absolute Gasteiger partial charge is 0.356 e. The normalized spacial score (nSPS) is 16.0. The van der Waals surface area contributed by atoms with Gasteiger partial charge in [-0.2, -0.15) is 26.8 Å². The van der Waals surface area contributed by atoms with E-state index in [1.54, 1.807) is 29.6 Å². The van der Waals surface area contributed by atoms with Gasteiger partial charge in [-0.1, -0.05) is 5.16 Å². The summed E-state index contributed by atoms with van der Waals surface area (Å²) in [5.74, 6) is 1.96. The maximum absolute atomic E-state index is 12.2. The Bertz CT molecular complexity index is 919. The van der Waals surface area contributed by atoms with Crippen molar-refractivity contribution in [1.29, 1.82) is 0 Å². The number of aromatic nitrogens is 4. The lowest BCUT2D eigenvalue weighted by atomic mass is 9.91. The van der Waals surface area contributed by atoms with Crippen molar-refractivity contribution in [2.75, 3.05) is 11.5 Å². The second-order valence-electron chi connectivity index (χ2n) is 6.54. The Morgan fingerprint density at radius 1 is 1.21 bits per heavy atom. The standard InChI is InChI=1S/C18H20N6O3S/c25-17(22-26)18(5-9-28-10-6-18)19-12-14-11-16(27-23-14)13-1-3-15(4-2-13)24-20-7-8-21-24/h1-4,7-8,11,19,26H,5-6,9-10,12H2,(H,22,25). The van der Waals surface area contributed by atoms with E-state index in [1.165, 1.54) is 4.80 Å². The molecule has 10 heteroatoms. The van der Waals surface area contributed by atoms with Gasteiger partial charge in [-0.25, -0.2) is 5.48 Å². The van der Waals surface area contributed by atoms with E-state index in [-0.39, 0.29) is 0 Å². The Hall–Kier alpha value is -2.69. The summed E-state index contributed by atoms with van der Waals surface area (Å²) in [5.41, 5.74) is 3.43. The summed E-state index contributed by atoms with van der Waals surface area (Å²) in [6, 6.07) is 9.47. The van der Waals surface area contributed by atoms with Crippen LogP contribution < -0.4 is 10.8 Å². The molecule has 1 aliphatic heterocycles. The number of thioether (sulfide) groups is 1. The third-order valence-corrected chi connectivity index (χ3v) is 5.84. The number of hydrogen-bond acceptors (Lipinski definition) is 8. The van der Waals surface area contributed by atoms with Gasteiger partial charge in [0.2, 0.25) is 0 Å². The fourth-order valence-corrected chi connectivity index (χ4v) is 4.40. The molecule has 0 radical (unpaired) electrons. The summed E-state index contributed by atoms with van der Waals surface area (Å²) >= 11 is 1.80. The summed E-state index contributed by atoms with van der Waals surface area (Å²) in [6.45, 7) is 0.372. The first-order chi connectivity index (χ1) is 13.7. The molecule has 28 heavy (non-hydrogen) atoms. The van der Waals surface area contributed by atoms with E-state index in [0.29, 0.717) is 30.8 Å². The molecule has 146 valence electrons. The molecule has 1 aromatic carbocycles. The lowest BCUT2D eigenvalue weighted by Crippen LogP contribution is -2.58. The molecule has 0 saturated carbocycles. The average molecular weight is 400 g/mol. The minimum Gasteiger partial charge on any atom is -0.356 e. The van der Waals surface area contributed by atoms with Crippen molar-refractivity contribution >= 4 is 17.7 Å². The van der Waals surface area contributed by atoms with E-state index in [0.717, 1.165) is 22.8 Å². The van der Waals surface area contributed by atoms with Gasteiger partial charge in [0.05, 0.1) is 23.8 Å².